The number of hydrogen-bond donors (Lipinski definition) is 2. The number of carbonyl (C=O) groups is 1. The summed E-state index contributed by atoms with van der Waals surface area (Å²) in [6, 6.07) is 16.2. The van der Waals surface area contributed by atoms with Gasteiger partial charge in [-0.15, -0.1) is 0 Å². The van der Waals surface area contributed by atoms with Crippen molar-refractivity contribution in [1.29, 1.82) is 0 Å². The van der Waals surface area contributed by atoms with Crippen LogP contribution in [0.25, 0.3) is 11.3 Å². The van der Waals surface area contributed by atoms with Gasteiger partial charge in [0.05, 0.1) is 16.4 Å². The fraction of sp³-hybridized carbons (Fsp3) is 0.0556. The van der Waals surface area contributed by atoms with E-state index in [0.717, 1.165) is 11.1 Å². The first-order valence-corrected chi connectivity index (χ1v) is 8.21. The highest BCUT2D eigenvalue weighted by Gasteiger charge is 2.12. The van der Waals surface area contributed by atoms with Gasteiger partial charge in [-0.1, -0.05) is 59.6 Å². The minimum atomic E-state index is -0.405. The van der Waals surface area contributed by atoms with Crippen LogP contribution in [0.4, 0.5) is 0 Å². The summed E-state index contributed by atoms with van der Waals surface area (Å²) in [7, 11) is 0. The van der Waals surface area contributed by atoms with Crippen molar-refractivity contribution in [2.24, 2.45) is 5.10 Å². The van der Waals surface area contributed by atoms with Crippen LogP contribution >= 0.6 is 23.2 Å². The Labute approximate surface area is 154 Å². The van der Waals surface area contributed by atoms with Gasteiger partial charge in [0, 0.05) is 16.1 Å². The van der Waals surface area contributed by atoms with E-state index in [0.29, 0.717) is 21.5 Å². The number of hydrazone groups is 1. The first kappa shape index (κ1) is 17.2. The van der Waals surface area contributed by atoms with Crippen molar-refractivity contribution in [3.05, 3.63) is 75.9 Å². The molecule has 0 saturated carbocycles. The van der Waals surface area contributed by atoms with Crippen LogP contribution in [0.1, 0.15) is 23.0 Å². The smallest absolute Gasteiger partial charge is 0.272 e. The number of aromatic nitrogens is 2. The Bertz CT molecular complexity index is 950. The lowest BCUT2D eigenvalue weighted by Gasteiger charge is -2.03. The van der Waals surface area contributed by atoms with E-state index < -0.39 is 5.91 Å². The van der Waals surface area contributed by atoms with E-state index in [4.69, 9.17) is 23.2 Å². The van der Waals surface area contributed by atoms with Crippen molar-refractivity contribution in [1.82, 2.24) is 15.6 Å². The lowest BCUT2D eigenvalue weighted by atomic mass is 10.1. The number of aromatic amines is 1. The highest BCUT2D eigenvalue weighted by atomic mass is 35.5. The molecular weight excluding hydrogens is 359 g/mol. The average molecular weight is 373 g/mol. The summed E-state index contributed by atoms with van der Waals surface area (Å²) in [6.07, 6.45) is 0. The van der Waals surface area contributed by atoms with E-state index in [1.54, 1.807) is 25.1 Å². The number of rotatable bonds is 4. The van der Waals surface area contributed by atoms with Crippen LogP contribution in [0.2, 0.25) is 10.0 Å². The highest BCUT2D eigenvalue weighted by Crippen LogP contribution is 2.26. The molecule has 2 N–H and O–H groups in total. The van der Waals surface area contributed by atoms with Gasteiger partial charge in [-0.3, -0.25) is 9.89 Å². The highest BCUT2D eigenvalue weighted by molar-refractivity contribution is 6.34. The van der Waals surface area contributed by atoms with Crippen molar-refractivity contribution in [2.45, 2.75) is 6.92 Å². The van der Waals surface area contributed by atoms with E-state index in [9.17, 15) is 4.79 Å². The zero-order chi connectivity index (χ0) is 17.8. The molecule has 25 heavy (non-hydrogen) atoms. The fourth-order valence-electron chi connectivity index (χ4n) is 2.25. The summed E-state index contributed by atoms with van der Waals surface area (Å²) in [5, 5.41) is 12.0. The fourth-order valence-corrected chi connectivity index (χ4v) is 2.76. The van der Waals surface area contributed by atoms with Gasteiger partial charge in [-0.05, 0) is 25.1 Å². The third kappa shape index (κ3) is 3.90. The second-order valence-electron chi connectivity index (χ2n) is 5.26. The van der Waals surface area contributed by atoms with Crippen molar-refractivity contribution < 1.29 is 4.79 Å². The Balaban J connectivity index is 1.76. The molecule has 0 aliphatic heterocycles. The maximum atomic E-state index is 12.2. The number of carbonyl (C=O) groups excluding carboxylic acids is 1. The van der Waals surface area contributed by atoms with Gasteiger partial charge >= 0.3 is 0 Å². The molecule has 0 bridgehead atoms. The lowest BCUT2D eigenvalue weighted by molar-refractivity contribution is 0.0950. The second-order valence-corrected chi connectivity index (χ2v) is 6.08. The van der Waals surface area contributed by atoms with Crippen molar-refractivity contribution in [3.8, 4) is 11.3 Å². The molecule has 1 amide bonds. The molecule has 0 fully saturated rings. The molecule has 0 atom stereocenters. The number of H-pyrrole nitrogens is 1. The molecule has 2 aromatic carbocycles. The van der Waals surface area contributed by atoms with Crippen LogP contribution in [-0.2, 0) is 0 Å². The van der Waals surface area contributed by atoms with Crippen LogP contribution in [0, 0.1) is 0 Å². The predicted molar refractivity (Wildman–Crippen MR) is 100 cm³/mol. The Hall–Kier alpha value is -2.63. The Kier molecular flexibility index (Phi) is 5.16. The third-order valence-electron chi connectivity index (χ3n) is 3.56. The molecule has 0 saturated heterocycles. The molecular formula is C18H14Cl2N4O. The molecule has 3 aromatic rings. The molecule has 7 heteroatoms. The van der Waals surface area contributed by atoms with E-state index in [1.807, 2.05) is 36.4 Å². The van der Waals surface area contributed by atoms with Crippen molar-refractivity contribution in [2.75, 3.05) is 0 Å². The number of hydrogen-bond acceptors (Lipinski definition) is 3. The van der Waals surface area contributed by atoms with Crippen LogP contribution in [0.3, 0.4) is 0 Å². The lowest BCUT2D eigenvalue weighted by Crippen LogP contribution is -2.19. The summed E-state index contributed by atoms with van der Waals surface area (Å²) in [5.41, 5.74) is 5.46. The predicted octanol–water partition coefficient (Wildman–Crippen LogP) is 4.54. The van der Waals surface area contributed by atoms with Gasteiger partial charge in [0.15, 0.2) is 0 Å². The topological polar surface area (TPSA) is 70.1 Å². The molecule has 0 spiro atoms. The van der Waals surface area contributed by atoms with Crippen molar-refractivity contribution >= 4 is 34.8 Å². The minimum Gasteiger partial charge on any atom is -0.272 e. The molecule has 0 radical (unpaired) electrons. The molecule has 1 aromatic heterocycles. The molecule has 3 rings (SSSR count). The monoisotopic (exact) mass is 372 g/mol. The normalized spacial score (nSPS) is 11.4. The number of halogens is 2. The second kappa shape index (κ2) is 7.51. The van der Waals surface area contributed by atoms with Gasteiger partial charge < -0.3 is 0 Å². The summed E-state index contributed by atoms with van der Waals surface area (Å²) >= 11 is 12.3. The standard InChI is InChI=1S/C18H14Cl2N4O/c1-11(12-6-2-4-8-14(12)19)21-24-18(25)17-10-16(22-23-17)13-7-3-5-9-15(13)20/h2-10H,1H3,(H,22,23)(H,24,25)/b21-11+. The largest absolute Gasteiger partial charge is 0.289 e. The molecule has 5 nitrogen and oxygen atoms in total. The van der Waals surface area contributed by atoms with Crippen LogP contribution in [0.5, 0.6) is 0 Å². The first-order chi connectivity index (χ1) is 12.1. The third-order valence-corrected chi connectivity index (χ3v) is 4.22. The molecule has 126 valence electrons. The molecule has 0 aliphatic rings. The maximum absolute atomic E-state index is 12.2. The SMILES string of the molecule is C/C(=N\NC(=O)c1cc(-c2ccccc2Cl)n[nH]1)c1ccccc1Cl. The first-order valence-electron chi connectivity index (χ1n) is 7.46. The van der Waals surface area contributed by atoms with E-state index in [1.165, 1.54) is 0 Å². The van der Waals surface area contributed by atoms with Gasteiger partial charge in [0.2, 0.25) is 0 Å². The Morgan fingerprint density at radius 3 is 2.48 bits per heavy atom. The van der Waals surface area contributed by atoms with Crippen LogP contribution in [0.15, 0.2) is 59.7 Å². The summed E-state index contributed by atoms with van der Waals surface area (Å²) in [4.78, 5) is 12.2. The quantitative estimate of drug-likeness (QED) is 0.521. The van der Waals surface area contributed by atoms with Gasteiger partial charge in [-0.2, -0.15) is 10.2 Å². The number of nitrogens with zero attached hydrogens (tertiary/aromatic N) is 2. The van der Waals surface area contributed by atoms with Crippen molar-refractivity contribution in [3.63, 3.8) is 0 Å². The minimum absolute atomic E-state index is 0.283. The number of amides is 1. The molecule has 0 unspecified atom stereocenters. The van der Waals surface area contributed by atoms with Gasteiger partial charge in [-0.25, -0.2) is 5.43 Å². The van der Waals surface area contributed by atoms with E-state index >= 15 is 0 Å². The summed E-state index contributed by atoms with van der Waals surface area (Å²) < 4.78 is 0. The zero-order valence-electron chi connectivity index (χ0n) is 13.3. The zero-order valence-corrected chi connectivity index (χ0v) is 14.8. The molecule has 1 heterocycles. The van der Waals surface area contributed by atoms with Gasteiger partial charge in [0.1, 0.15) is 5.69 Å². The average Bonchev–Trinajstić information content (AvgIpc) is 3.10. The van der Waals surface area contributed by atoms with E-state index in [-0.39, 0.29) is 5.69 Å². The Morgan fingerprint density at radius 1 is 1.08 bits per heavy atom. The van der Waals surface area contributed by atoms with Crippen LogP contribution < -0.4 is 5.43 Å². The maximum Gasteiger partial charge on any atom is 0.289 e. The Morgan fingerprint density at radius 2 is 1.76 bits per heavy atom. The summed E-state index contributed by atoms with van der Waals surface area (Å²) in [5.74, 6) is -0.405. The van der Waals surface area contributed by atoms with Gasteiger partial charge in [0.25, 0.3) is 5.91 Å². The summed E-state index contributed by atoms with van der Waals surface area (Å²) in [6.45, 7) is 1.77. The number of nitrogens with one attached hydrogen (secondary N) is 2. The number of benzene rings is 2. The van der Waals surface area contributed by atoms with Crippen LogP contribution in [-0.4, -0.2) is 21.8 Å². The molecule has 0 aliphatic carbocycles. The van der Waals surface area contributed by atoms with E-state index in [2.05, 4.69) is 20.7 Å².